The van der Waals surface area contributed by atoms with Crippen LogP contribution in [0.15, 0.2) is 42.6 Å². The molecule has 3 nitrogen and oxygen atoms in total. The number of halogens is 1. The van der Waals surface area contributed by atoms with Gasteiger partial charge in [0.25, 0.3) is 0 Å². The van der Waals surface area contributed by atoms with E-state index in [-0.39, 0.29) is 6.04 Å². The van der Waals surface area contributed by atoms with Gasteiger partial charge in [-0.2, -0.15) is 5.26 Å². The highest BCUT2D eigenvalue weighted by Gasteiger charge is 2.08. The summed E-state index contributed by atoms with van der Waals surface area (Å²) in [6.45, 7) is 2.01. The van der Waals surface area contributed by atoms with Gasteiger partial charge in [-0.3, -0.25) is 4.98 Å². The zero-order chi connectivity index (χ0) is 13.0. The lowest BCUT2D eigenvalue weighted by molar-refractivity contribution is 0.839. The van der Waals surface area contributed by atoms with Crippen LogP contribution >= 0.6 is 11.6 Å². The summed E-state index contributed by atoms with van der Waals surface area (Å²) in [6, 6.07) is 13.1. The van der Waals surface area contributed by atoms with E-state index in [0.29, 0.717) is 10.6 Å². The first-order valence-electron chi connectivity index (χ1n) is 5.58. The summed E-state index contributed by atoms with van der Waals surface area (Å²) >= 11 is 6.11. The van der Waals surface area contributed by atoms with E-state index < -0.39 is 0 Å². The van der Waals surface area contributed by atoms with E-state index in [0.717, 1.165) is 11.4 Å². The number of aromatic nitrogens is 1. The van der Waals surface area contributed by atoms with E-state index in [1.165, 1.54) is 0 Å². The van der Waals surface area contributed by atoms with Gasteiger partial charge in [0, 0.05) is 6.20 Å². The Morgan fingerprint density at radius 2 is 2.17 bits per heavy atom. The molecule has 4 heteroatoms. The quantitative estimate of drug-likeness (QED) is 0.910. The number of nitriles is 1. The number of nitrogens with one attached hydrogen (secondary N) is 1. The van der Waals surface area contributed by atoms with Crippen LogP contribution in [0.2, 0.25) is 5.02 Å². The summed E-state index contributed by atoms with van der Waals surface area (Å²) in [5.74, 6) is 0. The van der Waals surface area contributed by atoms with Crippen LogP contribution in [0.1, 0.15) is 24.2 Å². The Balaban J connectivity index is 2.18. The minimum Gasteiger partial charge on any atom is -0.376 e. The summed E-state index contributed by atoms with van der Waals surface area (Å²) in [5.41, 5.74) is 2.29. The molecule has 18 heavy (non-hydrogen) atoms. The molecule has 0 spiro atoms. The molecule has 0 fully saturated rings. The van der Waals surface area contributed by atoms with Gasteiger partial charge in [-0.25, -0.2) is 0 Å². The molecule has 1 heterocycles. The molecule has 0 aliphatic heterocycles. The van der Waals surface area contributed by atoms with Crippen molar-refractivity contribution in [1.82, 2.24) is 4.98 Å². The molecule has 1 N–H and O–H groups in total. The molecule has 1 aromatic carbocycles. The second kappa shape index (κ2) is 5.52. The maximum absolute atomic E-state index is 8.77. The zero-order valence-electron chi connectivity index (χ0n) is 9.89. The van der Waals surface area contributed by atoms with Crippen molar-refractivity contribution in [2.24, 2.45) is 0 Å². The van der Waals surface area contributed by atoms with E-state index in [1.807, 2.05) is 25.1 Å². The molecule has 0 aliphatic rings. The van der Waals surface area contributed by atoms with Gasteiger partial charge < -0.3 is 5.32 Å². The first kappa shape index (κ1) is 12.4. The maximum atomic E-state index is 8.77. The first-order valence-corrected chi connectivity index (χ1v) is 5.95. The van der Waals surface area contributed by atoms with Crippen molar-refractivity contribution in [2.75, 3.05) is 5.32 Å². The monoisotopic (exact) mass is 257 g/mol. The summed E-state index contributed by atoms with van der Waals surface area (Å²) in [6.07, 6.45) is 1.76. The fourth-order valence-corrected chi connectivity index (χ4v) is 1.88. The number of rotatable bonds is 3. The van der Waals surface area contributed by atoms with E-state index >= 15 is 0 Å². The zero-order valence-corrected chi connectivity index (χ0v) is 10.6. The third-order valence-corrected chi connectivity index (χ3v) is 2.91. The number of benzene rings is 1. The SMILES string of the molecule is CC(Nc1ccc(C#N)cc1Cl)c1ccccn1. The van der Waals surface area contributed by atoms with E-state index in [4.69, 9.17) is 16.9 Å². The van der Waals surface area contributed by atoms with Gasteiger partial charge in [-0.05, 0) is 37.3 Å². The standard InChI is InChI=1S/C14H12ClN3/c1-10(13-4-2-3-7-17-13)18-14-6-5-11(9-16)8-12(14)15/h2-8,10,18H,1H3. The van der Waals surface area contributed by atoms with Crippen molar-refractivity contribution in [3.63, 3.8) is 0 Å². The van der Waals surface area contributed by atoms with Crippen LogP contribution in [-0.4, -0.2) is 4.98 Å². The summed E-state index contributed by atoms with van der Waals surface area (Å²) in [4.78, 5) is 4.28. The Morgan fingerprint density at radius 3 is 2.78 bits per heavy atom. The molecule has 2 aromatic rings. The van der Waals surface area contributed by atoms with Crippen LogP contribution in [0.4, 0.5) is 5.69 Å². The smallest absolute Gasteiger partial charge is 0.0992 e. The molecule has 0 radical (unpaired) electrons. The molecule has 2 rings (SSSR count). The number of pyridine rings is 1. The number of hydrogen-bond acceptors (Lipinski definition) is 3. The molecule has 1 atom stereocenters. The molecular weight excluding hydrogens is 246 g/mol. The van der Waals surface area contributed by atoms with Gasteiger partial charge in [0.2, 0.25) is 0 Å². The topological polar surface area (TPSA) is 48.7 Å². The van der Waals surface area contributed by atoms with Crippen LogP contribution < -0.4 is 5.32 Å². The third-order valence-electron chi connectivity index (χ3n) is 2.60. The fraction of sp³-hybridized carbons (Fsp3) is 0.143. The average molecular weight is 258 g/mol. The molecule has 0 saturated heterocycles. The van der Waals surface area contributed by atoms with Gasteiger partial charge in [0.1, 0.15) is 0 Å². The minimum absolute atomic E-state index is 0.0524. The van der Waals surface area contributed by atoms with Gasteiger partial charge >= 0.3 is 0 Å². The molecule has 90 valence electrons. The Morgan fingerprint density at radius 1 is 1.33 bits per heavy atom. The highest BCUT2D eigenvalue weighted by molar-refractivity contribution is 6.33. The van der Waals surface area contributed by atoms with Gasteiger partial charge in [-0.15, -0.1) is 0 Å². The van der Waals surface area contributed by atoms with Crippen molar-refractivity contribution in [2.45, 2.75) is 13.0 Å². The van der Waals surface area contributed by atoms with Gasteiger partial charge in [0.05, 0.1) is 34.1 Å². The van der Waals surface area contributed by atoms with Crippen LogP contribution in [0.3, 0.4) is 0 Å². The molecule has 0 aliphatic carbocycles. The Kier molecular flexibility index (Phi) is 3.81. The molecule has 1 unspecified atom stereocenters. The van der Waals surface area contributed by atoms with Crippen LogP contribution in [0, 0.1) is 11.3 Å². The van der Waals surface area contributed by atoms with Crippen LogP contribution in [0.25, 0.3) is 0 Å². The van der Waals surface area contributed by atoms with E-state index in [1.54, 1.807) is 24.4 Å². The molecular formula is C14H12ClN3. The maximum Gasteiger partial charge on any atom is 0.0992 e. The first-order chi connectivity index (χ1) is 8.70. The van der Waals surface area contributed by atoms with Crippen molar-refractivity contribution >= 4 is 17.3 Å². The minimum atomic E-state index is 0.0524. The van der Waals surface area contributed by atoms with Crippen LogP contribution in [0.5, 0.6) is 0 Å². The molecule has 0 bridgehead atoms. The second-order valence-electron chi connectivity index (χ2n) is 3.93. The van der Waals surface area contributed by atoms with Crippen molar-refractivity contribution in [3.05, 3.63) is 58.9 Å². The van der Waals surface area contributed by atoms with E-state index in [9.17, 15) is 0 Å². The average Bonchev–Trinajstić information content (AvgIpc) is 2.42. The Labute approximate surface area is 111 Å². The number of nitrogens with zero attached hydrogens (tertiary/aromatic N) is 2. The summed E-state index contributed by atoms with van der Waals surface area (Å²) < 4.78 is 0. The Hall–Kier alpha value is -2.05. The fourth-order valence-electron chi connectivity index (χ4n) is 1.64. The lowest BCUT2D eigenvalue weighted by atomic mass is 10.1. The van der Waals surface area contributed by atoms with Crippen molar-refractivity contribution in [1.29, 1.82) is 5.26 Å². The summed E-state index contributed by atoms with van der Waals surface area (Å²) in [7, 11) is 0. The Bertz CT molecular complexity index is 575. The van der Waals surface area contributed by atoms with Crippen LogP contribution in [-0.2, 0) is 0 Å². The molecule has 0 amide bonds. The van der Waals surface area contributed by atoms with Crippen molar-refractivity contribution < 1.29 is 0 Å². The number of anilines is 1. The number of hydrogen-bond donors (Lipinski definition) is 1. The predicted octanol–water partition coefficient (Wildman–Crippen LogP) is 3.78. The normalized spacial score (nSPS) is 11.6. The lowest BCUT2D eigenvalue weighted by Crippen LogP contribution is -2.08. The third kappa shape index (κ3) is 2.79. The second-order valence-corrected chi connectivity index (χ2v) is 4.33. The highest BCUT2D eigenvalue weighted by atomic mass is 35.5. The van der Waals surface area contributed by atoms with Gasteiger partial charge in [0.15, 0.2) is 0 Å². The lowest BCUT2D eigenvalue weighted by Gasteiger charge is -2.15. The predicted molar refractivity (Wildman–Crippen MR) is 72.4 cm³/mol. The van der Waals surface area contributed by atoms with Gasteiger partial charge in [-0.1, -0.05) is 17.7 Å². The molecule has 1 aromatic heterocycles. The summed E-state index contributed by atoms with van der Waals surface area (Å²) in [5, 5.41) is 12.6. The van der Waals surface area contributed by atoms with Crippen molar-refractivity contribution in [3.8, 4) is 6.07 Å². The largest absolute Gasteiger partial charge is 0.376 e. The van der Waals surface area contributed by atoms with E-state index in [2.05, 4.69) is 16.4 Å². The highest BCUT2D eigenvalue weighted by Crippen LogP contribution is 2.26. The molecule has 0 saturated carbocycles.